The van der Waals surface area contributed by atoms with E-state index in [0.29, 0.717) is 20.6 Å². The average Bonchev–Trinajstić information content (AvgIpc) is 3.12. The number of benzene rings is 2. The minimum atomic E-state index is -0.603. The van der Waals surface area contributed by atoms with E-state index in [9.17, 15) is 9.59 Å². The molecule has 1 atom stereocenters. The smallest absolute Gasteiger partial charge is 0.338 e. The molecule has 1 aliphatic rings. The van der Waals surface area contributed by atoms with E-state index in [1.54, 1.807) is 18.4 Å². The molecular formula is C27H27N3O3S. The maximum absolute atomic E-state index is 13.5. The number of thiazole rings is 1. The first-order valence-electron chi connectivity index (χ1n) is 11.1. The Hall–Kier alpha value is -3.71. The molecule has 0 unspecified atom stereocenters. The number of ether oxygens (including phenoxy) is 1. The molecule has 0 aliphatic carbocycles. The highest BCUT2D eigenvalue weighted by Gasteiger charge is 2.30. The predicted molar refractivity (Wildman–Crippen MR) is 138 cm³/mol. The molecule has 2 aromatic carbocycles. The fourth-order valence-electron chi connectivity index (χ4n) is 3.80. The predicted octanol–water partition coefficient (Wildman–Crippen LogP) is 3.53. The van der Waals surface area contributed by atoms with Gasteiger partial charge in [0.25, 0.3) is 5.56 Å². The van der Waals surface area contributed by atoms with Crippen molar-refractivity contribution >= 4 is 35.1 Å². The van der Waals surface area contributed by atoms with E-state index in [1.165, 1.54) is 11.3 Å². The van der Waals surface area contributed by atoms with Gasteiger partial charge in [0.05, 0.1) is 28.5 Å². The molecule has 0 saturated carbocycles. The summed E-state index contributed by atoms with van der Waals surface area (Å²) in [7, 11) is 3.97. The number of allylic oxidation sites excluding steroid dienone is 2. The van der Waals surface area contributed by atoms with Gasteiger partial charge in [0.1, 0.15) is 0 Å². The maximum Gasteiger partial charge on any atom is 0.338 e. The van der Waals surface area contributed by atoms with Gasteiger partial charge < -0.3 is 9.64 Å². The van der Waals surface area contributed by atoms with Crippen LogP contribution in [-0.2, 0) is 9.53 Å². The van der Waals surface area contributed by atoms with Gasteiger partial charge >= 0.3 is 5.97 Å². The van der Waals surface area contributed by atoms with E-state index in [2.05, 4.69) is 4.99 Å². The van der Waals surface area contributed by atoms with Gasteiger partial charge in [-0.1, -0.05) is 66.0 Å². The molecule has 1 aromatic heterocycles. The number of aromatic nitrogens is 1. The maximum atomic E-state index is 13.5. The fraction of sp³-hybridized carbons (Fsp3) is 0.222. The standard InChI is InChI=1S/C27H27N3O3S/c1-5-33-26(32)24-18(2)28-27-30(22(24)16-13-19-9-7-6-8-10-19)25(31)23(34-27)17-20-11-14-21(15-12-20)29(3)4/h6-17,22H,5H2,1-4H3/b16-13+,23-17?/t22-/m0/s1. The van der Waals surface area contributed by atoms with Crippen LogP contribution in [0.5, 0.6) is 0 Å². The average molecular weight is 474 g/mol. The van der Waals surface area contributed by atoms with E-state index in [-0.39, 0.29) is 12.2 Å². The minimum Gasteiger partial charge on any atom is -0.463 e. The van der Waals surface area contributed by atoms with Crippen LogP contribution in [0.25, 0.3) is 12.2 Å². The number of anilines is 1. The van der Waals surface area contributed by atoms with Crippen LogP contribution in [0.3, 0.4) is 0 Å². The Labute approximate surface area is 202 Å². The topological polar surface area (TPSA) is 63.9 Å². The monoisotopic (exact) mass is 473 g/mol. The summed E-state index contributed by atoms with van der Waals surface area (Å²) < 4.78 is 7.46. The van der Waals surface area contributed by atoms with E-state index in [1.807, 2.05) is 91.8 Å². The summed E-state index contributed by atoms with van der Waals surface area (Å²) in [5, 5.41) is 0. The summed E-state index contributed by atoms with van der Waals surface area (Å²) in [6, 6.07) is 17.2. The van der Waals surface area contributed by atoms with Crippen LogP contribution >= 0.6 is 11.3 Å². The van der Waals surface area contributed by atoms with E-state index < -0.39 is 12.0 Å². The number of fused-ring (bicyclic) bond motifs is 1. The summed E-state index contributed by atoms with van der Waals surface area (Å²) in [5.74, 6) is -0.458. The zero-order valence-electron chi connectivity index (χ0n) is 19.7. The van der Waals surface area contributed by atoms with Gasteiger partial charge in [-0.25, -0.2) is 9.79 Å². The van der Waals surface area contributed by atoms with Crippen LogP contribution in [0.2, 0.25) is 0 Å². The van der Waals surface area contributed by atoms with Crippen molar-refractivity contribution in [2.75, 3.05) is 25.6 Å². The molecule has 1 aliphatic heterocycles. The van der Waals surface area contributed by atoms with Gasteiger partial charge in [-0.05, 0) is 43.2 Å². The van der Waals surface area contributed by atoms with Gasteiger partial charge in [0.2, 0.25) is 0 Å². The Bertz CT molecular complexity index is 1430. The second-order valence-electron chi connectivity index (χ2n) is 8.10. The molecular weight excluding hydrogens is 446 g/mol. The third-order valence-corrected chi connectivity index (χ3v) is 6.52. The number of rotatable bonds is 6. The number of carbonyl (C=O) groups excluding carboxylic acids is 1. The fourth-order valence-corrected chi connectivity index (χ4v) is 4.86. The molecule has 2 heterocycles. The van der Waals surface area contributed by atoms with E-state index in [4.69, 9.17) is 4.74 Å². The molecule has 0 radical (unpaired) electrons. The second-order valence-corrected chi connectivity index (χ2v) is 9.11. The molecule has 0 bridgehead atoms. The van der Waals surface area contributed by atoms with E-state index >= 15 is 0 Å². The molecule has 4 rings (SSSR count). The van der Waals surface area contributed by atoms with Crippen LogP contribution < -0.4 is 19.8 Å². The molecule has 6 nitrogen and oxygen atoms in total. The number of hydrogen-bond acceptors (Lipinski definition) is 6. The summed E-state index contributed by atoms with van der Waals surface area (Å²) in [4.78, 5) is 33.5. The Kier molecular flexibility index (Phi) is 6.93. The van der Waals surface area contributed by atoms with Crippen LogP contribution in [-0.4, -0.2) is 31.2 Å². The number of nitrogens with zero attached hydrogens (tertiary/aromatic N) is 3. The van der Waals surface area contributed by atoms with Gasteiger partial charge in [-0.3, -0.25) is 9.36 Å². The first-order valence-corrected chi connectivity index (χ1v) is 11.9. The zero-order valence-corrected chi connectivity index (χ0v) is 20.5. The molecule has 0 spiro atoms. The molecule has 0 N–H and O–H groups in total. The first kappa shape index (κ1) is 23.4. The highest BCUT2D eigenvalue weighted by molar-refractivity contribution is 7.07. The lowest BCUT2D eigenvalue weighted by Gasteiger charge is -2.21. The third kappa shape index (κ3) is 4.79. The largest absolute Gasteiger partial charge is 0.463 e. The normalized spacial score (nSPS) is 15.9. The van der Waals surface area contributed by atoms with Crippen LogP contribution in [0.15, 0.2) is 81.7 Å². The van der Waals surface area contributed by atoms with Crippen molar-refractivity contribution in [3.05, 3.63) is 103 Å². The second kappa shape index (κ2) is 10.1. The Morgan fingerprint density at radius 1 is 1.12 bits per heavy atom. The lowest BCUT2D eigenvalue weighted by atomic mass is 10.0. The van der Waals surface area contributed by atoms with Gasteiger partial charge in [0, 0.05) is 19.8 Å². The summed E-state index contributed by atoms with van der Waals surface area (Å²) in [6.07, 6.45) is 5.65. The highest BCUT2D eigenvalue weighted by Crippen LogP contribution is 2.26. The van der Waals surface area contributed by atoms with Crippen LogP contribution in [0.4, 0.5) is 5.69 Å². The molecule has 7 heteroatoms. The molecule has 0 fully saturated rings. The zero-order chi connectivity index (χ0) is 24.2. The lowest BCUT2D eigenvalue weighted by molar-refractivity contribution is -0.139. The van der Waals surface area contributed by atoms with Crippen molar-refractivity contribution in [3.8, 4) is 0 Å². The first-order chi connectivity index (χ1) is 16.4. The number of hydrogen-bond donors (Lipinski definition) is 0. The molecule has 174 valence electrons. The molecule has 0 amide bonds. The van der Waals surface area contributed by atoms with Crippen molar-refractivity contribution in [2.24, 2.45) is 4.99 Å². The van der Waals surface area contributed by atoms with Crippen molar-refractivity contribution in [2.45, 2.75) is 19.9 Å². The highest BCUT2D eigenvalue weighted by atomic mass is 32.1. The Morgan fingerprint density at radius 2 is 1.82 bits per heavy atom. The van der Waals surface area contributed by atoms with Crippen molar-refractivity contribution < 1.29 is 9.53 Å². The number of esters is 1. The van der Waals surface area contributed by atoms with Crippen LogP contribution in [0.1, 0.15) is 31.0 Å². The summed E-state index contributed by atoms with van der Waals surface area (Å²) >= 11 is 1.32. The van der Waals surface area contributed by atoms with Gasteiger partial charge in [-0.15, -0.1) is 0 Å². The Balaban J connectivity index is 1.83. The van der Waals surface area contributed by atoms with Crippen molar-refractivity contribution in [3.63, 3.8) is 0 Å². The van der Waals surface area contributed by atoms with Gasteiger partial charge in [0.15, 0.2) is 4.80 Å². The summed E-state index contributed by atoms with van der Waals surface area (Å²) in [5.41, 5.74) is 3.74. The minimum absolute atomic E-state index is 0.183. The van der Waals surface area contributed by atoms with E-state index in [0.717, 1.165) is 16.8 Å². The quantitative estimate of drug-likeness (QED) is 0.514. The molecule has 34 heavy (non-hydrogen) atoms. The SMILES string of the molecule is CCOC(=O)C1=C(C)N=c2sc(=Cc3ccc(N(C)C)cc3)c(=O)n2[C@H]1/C=C/c1ccccc1. The van der Waals surface area contributed by atoms with Gasteiger partial charge in [-0.2, -0.15) is 0 Å². The summed E-state index contributed by atoms with van der Waals surface area (Å²) in [6.45, 7) is 3.80. The molecule has 3 aromatic rings. The third-order valence-electron chi connectivity index (χ3n) is 5.54. The lowest BCUT2D eigenvalue weighted by Crippen LogP contribution is -2.38. The van der Waals surface area contributed by atoms with Crippen LogP contribution in [0, 0.1) is 0 Å². The Morgan fingerprint density at radius 3 is 2.47 bits per heavy atom. The van der Waals surface area contributed by atoms with Crippen molar-refractivity contribution in [1.29, 1.82) is 0 Å². The number of carbonyl (C=O) groups is 1. The van der Waals surface area contributed by atoms with Crippen molar-refractivity contribution in [1.82, 2.24) is 4.57 Å². The molecule has 0 saturated heterocycles.